The Balaban J connectivity index is 2.15. The number of hydrazine groups is 1. The van der Waals surface area contributed by atoms with Crippen LogP contribution in [0.25, 0.3) is 0 Å². The maximum absolute atomic E-state index is 13.4. The van der Waals surface area contributed by atoms with Gasteiger partial charge in [-0.3, -0.25) is 10.2 Å². The number of nitrogens with two attached hydrogens (primary N) is 1. The van der Waals surface area contributed by atoms with Gasteiger partial charge in [-0.2, -0.15) is 0 Å². The fourth-order valence-corrected chi connectivity index (χ4v) is 1.62. The molecule has 0 saturated carbocycles. The molecule has 0 aliphatic heterocycles. The summed E-state index contributed by atoms with van der Waals surface area (Å²) in [6.07, 6.45) is 0. The SMILES string of the molecule is Cc1oc(C(=O)NN)cc1COc1c(F)cccc1F. The van der Waals surface area contributed by atoms with Crippen LogP contribution in [0, 0.1) is 18.6 Å². The Bertz CT molecular complexity index is 620. The summed E-state index contributed by atoms with van der Waals surface area (Å²) < 4.78 is 37.0. The number of nitrogen functional groups attached to an aromatic ring is 1. The van der Waals surface area contributed by atoms with Crippen LogP contribution in [0.4, 0.5) is 8.78 Å². The van der Waals surface area contributed by atoms with Crippen LogP contribution in [0.15, 0.2) is 28.7 Å². The Morgan fingerprint density at radius 3 is 2.65 bits per heavy atom. The van der Waals surface area contributed by atoms with Gasteiger partial charge >= 0.3 is 5.91 Å². The quantitative estimate of drug-likeness (QED) is 0.511. The third-order valence-electron chi connectivity index (χ3n) is 2.67. The van der Waals surface area contributed by atoms with Gasteiger partial charge in [0.1, 0.15) is 12.4 Å². The lowest BCUT2D eigenvalue weighted by Crippen LogP contribution is -2.29. The smallest absolute Gasteiger partial charge is 0.300 e. The van der Waals surface area contributed by atoms with Gasteiger partial charge < -0.3 is 9.15 Å². The molecule has 1 amide bonds. The van der Waals surface area contributed by atoms with Crippen LogP contribution in [-0.4, -0.2) is 5.91 Å². The van der Waals surface area contributed by atoms with Gasteiger partial charge in [0, 0.05) is 5.56 Å². The molecule has 0 aliphatic carbocycles. The first-order valence-corrected chi connectivity index (χ1v) is 5.70. The topological polar surface area (TPSA) is 77.5 Å². The lowest BCUT2D eigenvalue weighted by atomic mass is 10.2. The number of benzene rings is 1. The van der Waals surface area contributed by atoms with Crippen molar-refractivity contribution in [3.63, 3.8) is 0 Å². The molecule has 0 fully saturated rings. The van der Waals surface area contributed by atoms with Gasteiger partial charge in [-0.15, -0.1) is 0 Å². The van der Waals surface area contributed by atoms with Crippen molar-refractivity contribution in [2.24, 2.45) is 5.84 Å². The number of furan rings is 1. The first-order valence-electron chi connectivity index (χ1n) is 5.70. The predicted molar refractivity (Wildman–Crippen MR) is 65.8 cm³/mol. The molecule has 1 heterocycles. The summed E-state index contributed by atoms with van der Waals surface area (Å²) in [4.78, 5) is 11.3. The summed E-state index contributed by atoms with van der Waals surface area (Å²) in [7, 11) is 0. The minimum atomic E-state index is -0.800. The number of halogens is 2. The van der Waals surface area contributed by atoms with Gasteiger partial charge in [-0.1, -0.05) is 6.07 Å². The fourth-order valence-electron chi connectivity index (χ4n) is 1.62. The highest BCUT2D eigenvalue weighted by Crippen LogP contribution is 2.23. The third kappa shape index (κ3) is 2.77. The molecule has 0 spiro atoms. The van der Waals surface area contributed by atoms with Crippen molar-refractivity contribution in [2.45, 2.75) is 13.5 Å². The van der Waals surface area contributed by atoms with Crippen LogP contribution in [0.2, 0.25) is 0 Å². The van der Waals surface area contributed by atoms with Gasteiger partial charge in [-0.25, -0.2) is 14.6 Å². The predicted octanol–water partition coefficient (Wildman–Crippen LogP) is 2.05. The minimum absolute atomic E-state index is 0.00222. The Labute approximate surface area is 113 Å². The summed E-state index contributed by atoms with van der Waals surface area (Å²) in [6.45, 7) is 1.47. The Hall–Kier alpha value is -2.41. The maximum Gasteiger partial charge on any atom is 0.300 e. The van der Waals surface area contributed by atoms with E-state index in [2.05, 4.69) is 0 Å². The number of hydrogen-bond donors (Lipinski definition) is 2. The summed E-state index contributed by atoms with van der Waals surface area (Å²) in [5.74, 6) is 2.70. The van der Waals surface area contributed by atoms with Crippen molar-refractivity contribution in [3.8, 4) is 5.75 Å². The largest absolute Gasteiger partial charge is 0.483 e. The zero-order chi connectivity index (χ0) is 14.7. The van der Waals surface area contributed by atoms with E-state index in [4.69, 9.17) is 15.0 Å². The molecular formula is C13H12F2N2O3. The summed E-state index contributed by atoms with van der Waals surface area (Å²) in [5, 5.41) is 0. The van der Waals surface area contributed by atoms with E-state index in [9.17, 15) is 13.6 Å². The molecule has 0 unspecified atom stereocenters. The second-order valence-electron chi connectivity index (χ2n) is 4.00. The van der Waals surface area contributed by atoms with E-state index in [0.717, 1.165) is 12.1 Å². The summed E-state index contributed by atoms with van der Waals surface area (Å²) in [5.41, 5.74) is 2.41. The zero-order valence-corrected chi connectivity index (χ0v) is 10.6. The number of ether oxygens (including phenoxy) is 1. The van der Waals surface area contributed by atoms with Crippen molar-refractivity contribution in [2.75, 3.05) is 0 Å². The van der Waals surface area contributed by atoms with E-state index in [1.165, 1.54) is 12.1 Å². The number of hydrogen-bond acceptors (Lipinski definition) is 4. The van der Waals surface area contributed by atoms with Crippen LogP contribution < -0.4 is 16.0 Å². The Morgan fingerprint density at radius 1 is 1.40 bits per heavy atom. The molecule has 3 N–H and O–H groups in total. The molecule has 0 saturated heterocycles. The van der Waals surface area contributed by atoms with Crippen LogP contribution in [0.1, 0.15) is 21.9 Å². The van der Waals surface area contributed by atoms with E-state index >= 15 is 0 Å². The van der Waals surface area contributed by atoms with Crippen LogP contribution in [0.3, 0.4) is 0 Å². The monoisotopic (exact) mass is 282 g/mol. The molecule has 5 nitrogen and oxygen atoms in total. The molecule has 2 rings (SSSR count). The lowest BCUT2D eigenvalue weighted by molar-refractivity contribution is 0.0924. The third-order valence-corrected chi connectivity index (χ3v) is 2.67. The number of carbonyl (C=O) groups excluding carboxylic acids is 1. The van der Waals surface area contributed by atoms with Gasteiger partial charge in [0.2, 0.25) is 0 Å². The van der Waals surface area contributed by atoms with Crippen molar-refractivity contribution in [3.05, 3.63) is 53.0 Å². The molecule has 20 heavy (non-hydrogen) atoms. The highest BCUT2D eigenvalue weighted by molar-refractivity contribution is 5.91. The lowest BCUT2D eigenvalue weighted by Gasteiger charge is -2.07. The number of amides is 1. The van der Waals surface area contributed by atoms with Crippen LogP contribution in [-0.2, 0) is 6.61 Å². The molecule has 0 atom stereocenters. The molecule has 2 aromatic rings. The normalized spacial score (nSPS) is 10.4. The number of nitrogens with one attached hydrogen (secondary N) is 1. The average molecular weight is 282 g/mol. The van der Waals surface area contributed by atoms with E-state index in [-0.39, 0.29) is 12.4 Å². The highest BCUT2D eigenvalue weighted by atomic mass is 19.1. The molecular weight excluding hydrogens is 270 g/mol. The number of para-hydroxylation sites is 1. The van der Waals surface area contributed by atoms with Gasteiger partial charge in [0.25, 0.3) is 0 Å². The van der Waals surface area contributed by atoms with Crippen molar-refractivity contribution < 1.29 is 22.7 Å². The van der Waals surface area contributed by atoms with Gasteiger partial charge in [0.05, 0.1) is 0 Å². The molecule has 106 valence electrons. The van der Waals surface area contributed by atoms with Crippen LogP contribution >= 0.6 is 0 Å². The molecule has 7 heteroatoms. The van der Waals surface area contributed by atoms with E-state index < -0.39 is 23.3 Å². The first-order chi connectivity index (χ1) is 9.52. The minimum Gasteiger partial charge on any atom is -0.483 e. The number of rotatable bonds is 4. The van der Waals surface area contributed by atoms with Crippen LogP contribution in [0.5, 0.6) is 5.75 Å². The molecule has 0 radical (unpaired) electrons. The first kappa shape index (κ1) is 14.0. The maximum atomic E-state index is 13.4. The molecule has 0 bridgehead atoms. The second-order valence-corrected chi connectivity index (χ2v) is 4.00. The van der Waals surface area contributed by atoms with Gasteiger partial charge in [-0.05, 0) is 25.1 Å². The Morgan fingerprint density at radius 2 is 2.05 bits per heavy atom. The number of aryl methyl sites for hydroxylation is 1. The number of carbonyl (C=O) groups is 1. The Kier molecular flexibility index (Phi) is 3.99. The second kappa shape index (κ2) is 5.70. The fraction of sp³-hybridized carbons (Fsp3) is 0.154. The van der Waals surface area contributed by atoms with Gasteiger partial charge in [0.15, 0.2) is 23.1 Å². The summed E-state index contributed by atoms with van der Waals surface area (Å²) in [6, 6.07) is 4.82. The van der Waals surface area contributed by atoms with E-state index in [0.29, 0.717) is 11.3 Å². The molecule has 1 aromatic carbocycles. The highest BCUT2D eigenvalue weighted by Gasteiger charge is 2.15. The van der Waals surface area contributed by atoms with E-state index in [1.807, 2.05) is 5.43 Å². The van der Waals surface area contributed by atoms with E-state index in [1.54, 1.807) is 6.92 Å². The standard InChI is InChI=1S/C13H12F2N2O3/c1-7-8(5-11(20-7)13(18)17-16)6-19-12-9(14)3-2-4-10(12)15/h2-5H,6,16H2,1H3,(H,17,18). The zero-order valence-electron chi connectivity index (χ0n) is 10.6. The van der Waals surface area contributed by atoms with Crippen molar-refractivity contribution in [1.29, 1.82) is 0 Å². The average Bonchev–Trinajstić information content (AvgIpc) is 2.79. The summed E-state index contributed by atoms with van der Waals surface area (Å²) >= 11 is 0. The molecule has 0 aliphatic rings. The van der Waals surface area contributed by atoms with Crippen molar-refractivity contribution >= 4 is 5.91 Å². The van der Waals surface area contributed by atoms with Crippen molar-refractivity contribution in [1.82, 2.24) is 5.43 Å². The molecule has 1 aromatic heterocycles.